The molecule has 4 nitrogen and oxygen atoms in total. The van der Waals surface area contributed by atoms with Crippen molar-refractivity contribution in [2.45, 2.75) is 76.7 Å². The summed E-state index contributed by atoms with van der Waals surface area (Å²) in [6.45, 7) is 12.2. The minimum Gasteiger partial charge on any atom is -0.464 e. The molecule has 0 amide bonds. The van der Waals surface area contributed by atoms with E-state index in [1.807, 2.05) is 0 Å². The number of carbonyl (C=O) groups is 2. The van der Waals surface area contributed by atoms with Crippen LogP contribution >= 0.6 is 21.6 Å². The van der Waals surface area contributed by atoms with Gasteiger partial charge in [0, 0.05) is 13.8 Å². The Balaban J connectivity index is 4.87. The number of hydrogen-bond acceptors (Lipinski definition) is 6. The van der Waals surface area contributed by atoms with E-state index in [9.17, 15) is 9.59 Å². The van der Waals surface area contributed by atoms with Crippen molar-refractivity contribution < 1.29 is 19.1 Å². The fourth-order valence-corrected chi connectivity index (χ4v) is 5.64. The van der Waals surface area contributed by atoms with Crippen LogP contribution in [0.3, 0.4) is 0 Å². The van der Waals surface area contributed by atoms with E-state index in [1.165, 1.54) is 13.8 Å². The highest BCUT2D eigenvalue weighted by atomic mass is 33.1. The summed E-state index contributed by atoms with van der Waals surface area (Å²) in [6, 6.07) is 0. The van der Waals surface area contributed by atoms with E-state index >= 15 is 0 Å². The minimum absolute atomic E-state index is 0.0951. The van der Waals surface area contributed by atoms with E-state index in [1.54, 1.807) is 21.6 Å². The first-order chi connectivity index (χ1) is 10.3. The van der Waals surface area contributed by atoms with Gasteiger partial charge in [0.05, 0.1) is 9.49 Å². The Kier molecular flexibility index (Phi) is 10.3. The predicted molar refractivity (Wildman–Crippen MR) is 95.1 cm³/mol. The van der Waals surface area contributed by atoms with Gasteiger partial charge in [-0.15, -0.1) is 0 Å². The maximum Gasteiger partial charge on any atom is 0.302 e. The van der Waals surface area contributed by atoms with Crippen LogP contribution in [0.15, 0.2) is 0 Å². The Morgan fingerprint density at radius 1 is 0.727 bits per heavy atom. The lowest BCUT2D eigenvalue weighted by Crippen LogP contribution is -2.34. The fourth-order valence-electron chi connectivity index (χ4n) is 1.84. The van der Waals surface area contributed by atoms with Gasteiger partial charge in [-0.25, -0.2) is 0 Å². The lowest BCUT2D eigenvalue weighted by Gasteiger charge is -2.36. The molecule has 0 aliphatic heterocycles. The van der Waals surface area contributed by atoms with E-state index in [4.69, 9.17) is 9.47 Å². The second-order valence-corrected chi connectivity index (χ2v) is 8.57. The quantitative estimate of drug-likeness (QED) is 0.400. The molecule has 0 bridgehead atoms. The molecule has 130 valence electrons. The number of esters is 2. The Morgan fingerprint density at radius 2 is 1.00 bits per heavy atom. The molecule has 0 fully saturated rings. The fraction of sp³-hybridized carbons (Fsp3) is 0.875. The van der Waals surface area contributed by atoms with Crippen LogP contribution in [0.1, 0.15) is 67.2 Å². The van der Waals surface area contributed by atoms with Crippen LogP contribution in [0.25, 0.3) is 0 Å². The summed E-state index contributed by atoms with van der Waals surface area (Å²) in [4.78, 5) is 22.2. The van der Waals surface area contributed by atoms with E-state index < -0.39 is 0 Å². The lowest BCUT2D eigenvalue weighted by molar-refractivity contribution is -0.142. The third-order valence-electron chi connectivity index (χ3n) is 4.05. The van der Waals surface area contributed by atoms with Gasteiger partial charge in [0.15, 0.2) is 0 Å². The molecule has 0 rings (SSSR count). The van der Waals surface area contributed by atoms with Crippen LogP contribution in [0.5, 0.6) is 0 Å². The van der Waals surface area contributed by atoms with Crippen LogP contribution in [0, 0.1) is 0 Å². The third-order valence-corrected chi connectivity index (χ3v) is 8.60. The molecule has 0 spiro atoms. The third kappa shape index (κ3) is 7.27. The van der Waals surface area contributed by atoms with Gasteiger partial charge in [0.1, 0.15) is 13.2 Å². The molecule has 22 heavy (non-hydrogen) atoms. The van der Waals surface area contributed by atoms with Crippen molar-refractivity contribution in [2.24, 2.45) is 0 Å². The molecule has 0 unspecified atom stereocenters. The van der Waals surface area contributed by atoms with Gasteiger partial charge in [-0.3, -0.25) is 9.59 Å². The largest absolute Gasteiger partial charge is 0.464 e. The SMILES string of the molecule is CCC(CC)(COC(C)=O)SSC(CC)(CC)COC(C)=O. The predicted octanol–water partition coefficient (Wildman–Crippen LogP) is 4.61. The monoisotopic (exact) mass is 350 g/mol. The second kappa shape index (κ2) is 10.4. The molecule has 0 saturated heterocycles. The van der Waals surface area contributed by atoms with Crippen molar-refractivity contribution in [2.75, 3.05) is 13.2 Å². The molecule has 0 aromatic carbocycles. The van der Waals surface area contributed by atoms with Crippen molar-refractivity contribution in [3.8, 4) is 0 Å². The molecule has 0 atom stereocenters. The standard InChI is InChI=1S/C16H30O4S2/c1-7-15(8-2,11-19-13(5)17)21-22-16(9-3,10-4)12-20-14(6)18/h7-12H2,1-6H3. The van der Waals surface area contributed by atoms with Gasteiger partial charge in [0.25, 0.3) is 0 Å². The van der Waals surface area contributed by atoms with Gasteiger partial charge in [0.2, 0.25) is 0 Å². The van der Waals surface area contributed by atoms with Crippen molar-refractivity contribution in [1.29, 1.82) is 0 Å². The maximum absolute atomic E-state index is 11.1. The molecule has 0 radical (unpaired) electrons. The van der Waals surface area contributed by atoms with E-state index in [0.29, 0.717) is 13.2 Å². The zero-order chi connectivity index (χ0) is 17.2. The van der Waals surface area contributed by atoms with Crippen LogP contribution < -0.4 is 0 Å². The van der Waals surface area contributed by atoms with Crippen LogP contribution in [0.4, 0.5) is 0 Å². The molecule has 6 heteroatoms. The number of hydrogen-bond donors (Lipinski definition) is 0. The summed E-state index contributed by atoms with van der Waals surface area (Å²) < 4.78 is 10.3. The molecule has 0 aliphatic rings. The van der Waals surface area contributed by atoms with Crippen LogP contribution in [-0.4, -0.2) is 34.6 Å². The molecule has 0 saturated carbocycles. The van der Waals surface area contributed by atoms with Gasteiger partial charge in [-0.1, -0.05) is 49.3 Å². The van der Waals surface area contributed by atoms with Crippen molar-refractivity contribution in [3.05, 3.63) is 0 Å². The molecular weight excluding hydrogens is 320 g/mol. The first-order valence-corrected chi connectivity index (χ1v) is 10.1. The zero-order valence-electron chi connectivity index (χ0n) is 14.7. The van der Waals surface area contributed by atoms with E-state index in [-0.39, 0.29) is 21.4 Å². The number of ether oxygens (including phenoxy) is 2. The first kappa shape index (κ1) is 21.6. The maximum atomic E-state index is 11.1. The molecule has 0 aliphatic carbocycles. The van der Waals surface area contributed by atoms with Gasteiger partial charge >= 0.3 is 11.9 Å². The minimum atomic E-state index is -0.242. The highest BCUT2D eigenvalue weighted by Gasteiger charge is 2.36. The highest BCUT2D eigenvalue weighted by Crippen LogP contribution is 2.49. The Bertz CT molecular complexity index is 316. The highest BCUT2D eigenvalue weighted by molar-refractivity contribution is 8.77. The first-order valence-electron chi connectivity index (χ1n) is 7.92. The number of carbonyl (C=O) groups excluding carboxylic acids is 2. The molecule has 0 heterocycles. The summed E-state index contributed by atoms with van der Waals surface area (Å²) in [5.74, 6) is -0.483. The Labute approximate surface area is 142 Å². The average molecular weight is 351 g/mol. The smallest absolute Gasteiger partial charge is 0.302 e. The van der Waals surface area contributed by atoms with Crippen molar-refractivity contribution in [3.63, 3.8) is 0 Å². The normalized spacial score (nSPS) is 12.1. The van der Waals surface area contributed by atoms with Crippen molar-refractivity contribution >= 4 is 33.5 Å². The lowest BCUT2D eigenvalue weighted by atomic mass is 10.0. The molecular formula is C16H30O4S2. The van der Waals surface area contributed by atoms with E-state index in [0.717, 1.165) is 25.7 Å². The molecule has 0 aromatic rings. The van der Waals surface area contributed by atoms with Gasteiger partial charge < -0.3 is 9.47 Å². The molecule has 0 N–H and O–H groups in total. The van der Waals surface area contributed by atoms with Crippen molar-refractivity contribution in [1.82, 2.24) is 0 Å². The average Bonchev–Trinajstić information content (AvgIpc) is 2.51. The molecule has 0 aromatic heterocycles. The summed E-state index contributed by atoms with van der Waals surface area (Å²) in [5, 5.41) is 0. The topological polar surface area (TPSA) is 52.6 Å². The van der Waals surface area contributed by atoms with Crippen LogP contribution in [-0.2, 0) is 19.1 Å². The second-order valence-electron chi connectivity index (χ2n) is 5.51. The van der Waals surface area contributed by atoms with Gasteiger partial charge in [-0.05, 0) is 25.7 Å². The zero-order valence-corrected chi connectivity index (χ0v) is 16.3. The Hall–Kier alpha value is -0.360. The summed E-state index contributed by atoms with van der Waals surface area (Å²) in [7, 11) is 3.53. The summed E-state index contributed by atoms with van der Waals surface area (Å²) in [6.07, 6.45) is 3.69. The Morgan fingerprint density at radius 3 is 1.18 bits per heavy atom. The van der Waals surface area contributed by atoms with E-state index in [2.05, 4.69) is 27.7 Å². The van der Waals surface area contributed by atoms with Crippen LogP contribution in [0.2, 0.25) is 0 Å². The number of rotatable bonds is 11. The summed E-state index contributed by atoms with van der Waals surface area (Å²) in [5.41, 5.74) is 0. The summed E-state index contributed by atoms with van der Waals surface area (Å²) >= 11 is 0. The van der Waals surface area contributed by atoms with Gasteiger partial charge in [-0.2, -0.15) is 0 Å².